The van der Waals surface area contributed by atoms with Crippen LogP contribution < -0.4 is 9.62 Å². The predicted octanol–water partition coefficient (Wildman–Crippen LogP) is 4.15. The molecule has 36 heavy (non-hydrogen) atoms. The van der Waals surface area contributed by atoms with Crippen molar-refractivity contribution >= 4 is 50.7 Å². The van der Waals surface area contributed by atoms with Gasteiger partial charge in [-0.05, 0) is 47.5 Å². The molecule has 0 radical (unpaired) electrons. The van der Waals surface area contributed by atoms with E-state index in [1.165, 1.54) is 24.1 Å². The second-order valence-corrected chi connectivity index (χ2v) is 11.0. The molecule has 0 unspecified atom stereocenters. The lowest BCUT2D eigenvalue weighted by Gasteiger charge is -2.33. The number of hydrogen-bond donors (Lipinski definition) is 1. The second-order valence-electron chi connectivity index (χ2n) is 8.22. The Hall–Kier alpha value is -3.07. The van der Waals surface area contributed by atoms with Crippen molar-refractivity contribution in [2.45, 2.75) is 19.0 Å². The fraction of sp³-hybridized carbons (Fsp3) is 0.231. The second kappa shape index (κ2) is 12.3. The normalized spacial score (nSPS) is 12.0. The molecule has 1 atom stereocenters. The van der Waals surface area contributed by atoms with Gasteiger partial charge in [0, 0.05) is 30.1 Å². The summed E-state index contributed by atoms with van der Waals surface area (Å²) in [4.78, 5) is 28.2. The van der Waals surface area contributed by atoms with Crippen molar-refractivity contribution in [2.24, 2.45) is 0 Å². The Morgan fingerprint density at radius 3 is 2.11 bits per heavy atom. The molecule has 0 aliphatic carbocycles. The Bertz CT molecular complexity index is 1300. The lowest BCUT2D eigenvalue weighted by Crippen LogP contribution is -2.52. The van der Waals surface area contributed by atoms with Crippen LogP contribution in [-0.2, 0) is 32.6 Å². The van der Waals surface area contributed by atoms with Gasteiger partial charge in [0.15, 0.2) is 0 Å². The molecule has 7 nitrogen and oxygen atoms in total. The summed E-state index contributed by atoms with van der Waals surface area (Å²) in [5, 5.41) is 3.55. The van der Waals surface area contributed by atoms with E-state index >= 15 is 0 Å². The van der Waals surface area contributed by atoms with Crippen LogP contribution in [0.5, 0.6) is 0 Å². The van der Waals surface area contributed by atoms with E-state index in [9.17, 15) is 18.0 Å². The third-order valence-electron chi connectivity index (χ3n) is 5.55. The first-order chi connectivity index (χ1) is 17.1. The average molecular weight is 548 g/mol. The highest BCUT2D eigenvalue weighted by Gasteiger charge is 2.32. The van der Waals surface area contributed by atoms with Gasteiger partial charge in [-0.3, -0.25) is 13.9 Å². The highest BCUT2D eigenvalue weighted by atomic mass is 35.5. The molecule has 0 saturated carbocycles. The molecule has 3 aromatic rings. The number of anilines is 1. The zero-order chi connectivity index (χ0) is 26.3. The van der Waals surface area contributed by atoms with Gasteiger partial charge in [-0.25, -0.2) is 8.42 Å². The molecule has 0 saturated heterocycles. The first kappa shape index (κ1) is 27.5. The SMILES string of the molecule is CNC(=O)[C@@H](Cc1ccccc1)N(Cc1cccc(Cl)c1)C(=O)CN(c1ccc(Cl)cc1)S(C)(=O)=O. The number of rotatable bonds is 10. The summed E-state index contributed by atoms with van der Waals surface area (Å²) < 4.78 is 26.3. The smallest absolute Gasteiger partial charge is 0.244 e. The highest BCUT2D eigenvalue weighted by Crippen LogP contribution is 2.22. The highest BCUT2D eigenvalue weighted by molar-refractivity contribution is 7.92. The minimum absolute atomic E-state index is 0.0581. The average Bonchev–Trinajstić information content (AvgIpc) is 2.84. The summed E-state index contributed by atoms with van der Waals surface area (Å²) >= 11 is 12.1. The molecule has 190 valence electrons. The van der Waals surface area contributed by atoms with E-state index in [1.807, 2.05) is 30.3 Å². The van der Waals surface area contributed by atoms with E-state index in [0.29, 0.717) is 15.6 Å². The Labute approximate surface area is 221 Å². The van der Waals surface area contributed by atoms with Crippen molar-refractivity contribution in [1.29, 1.82) is 0 Å². The van der Waals surface area contributed by atoms with Crippen LogP contribution in [0.25, 0.3) is 0 Å². The van der Waals surface area contributed by atoms with Gasteiger partial charge in [0.1, 0.15) is 12.6 Å². The van der Waals surface area contributed by atoms with Crippen LogP contribution in [-0.4, -0.2) is 51.0 Å². The number of sulfonamides is 1. The fourth-order valence-corrected chi connectivity index (χ4v) is 4.96. The number of carbonyl (C=O) groups excluding carboxylic acids is 2. The van der Waals surface area contributed by atoms with Gasteiger partial charge >= 0.3 is 0 Å². The minimum atomic E-state index is -3.83. The van der Waals surface area contributed by atoms with Crippen molar-refractivity contribution in [3.05, 3.63) is 100 Å². The molecule has 0 heterocycles. The van der Waals surface area contributed by atoms with E-state index in [-0.39, 0.29) is 24.6 Å². The summed E-state index contributed by atoms with van der Waals surface area (Å²) in [6, 6.07) is 21.5. The van der Waals surface area contributed by atoms with E-state index < -0.39 is 28.5 Å². The summed E-state index contributed by atoms with van der Waals surface area (Å²) in [5.74, 6) is -0.911. The van der Waals surface area contributed by atoms with Crippen LogP contribution >= 0.6 is 23.2 Å². The quantitative estimate of drug-likeness (QED) is 0.413. The number of hydrogen-bond acceptors (Lipinski definition) is 4. The van der Waals surface area contributed by atoms with Gasteiger partial charge in [0.25, 0.3) is 0 Å². The van der Waals surface area contributed by atoms with Crippen LogP contribution in [0.4, 0.5) is 5.69 Å². The molecule has 3 aromatic carbocycles. The molecular weight excluding hydrogens is 521 g/mol. The van der Waals surface area contributed by atoms with Gasteiger partial charge in [0.05, 0.1) is 11.9 Å². The predicted molar refractivity (Wildman–Crippen MR) is 144 cm³/mol. The number of benzene rings is 3. The molecule has 0 aliphatic rings. The first-order valence-corrected chi connectivity index (χ1v) is 13.7. The van der Waals surface area contributed by atoms with Crippen molar-refractivity contribution in [3.8, 4) is 0 Å². The van der Waals surface area contributed by atoms with Gasteiger partial charge < -0.3 is 10.2 Å². The standard InChI is InChI=1S/C26H27Cl2N3O4S/c1-29-26(33)24(16-19-7-4-3-5-8-19)30(17-20-9-6-10-22(28)15-20)25(32)18-31(36(2,34)35)23-13-11-21(27)12-14-23/h3-15,24H,16-18H2,1-2H3,(H,29,33)/t24-/m1/s1. The summed E-state index contributed by atoms with van der Waals surface area (Å²) in [6.07, 6.45) is 1.27. The van der Waals surface area contributed by atoms with Gasteiger partial charge in [0.2, 0.25) is 21.8 Å². The van der Waals surface area contributed by atoms with Gasteiger partial charge in [-0.2, -0.15) is 0 Å². The van der Waals surface area contributed by atoms with Gasteiger partial charge in [-0.1, -0.05) is 65.7 Å². The molecule has 0 bridgehead atoms. The number of amides is 2. The van der Waals surface area contributed by atoms with Gasteiger partial charge in [-0.15, -0.1) is 0 Å². The van der Waals surface area contributed by atoms with Crippen molar-refractivity contribution in [2.75, 3.05) is 24.2 Å². The van der Waals surface area contributed by atoms with Crippen LogP contribution in [0.2, 0.25) is 10.0 Å². The zero-order valence-electron chi connectivity index (χ0n) is 19.9. The third kappa shape index (κ3) is 7.46. The van der Waals surface area contributed by atoms with Crippen LogP contribution in [0.1, 0.15) is 11.1 Å². The Kier molecular flexibility index (Phi) is 9.37. The number of carbonyl (C=O) groups is 2. The Morgan fingerprint density at radius 2 is 1.53 bits per heavy atom. The molecule has 0 fully saturated rings. The van der Waals surface area contributed by atoms with Crippen LogP contribution in [0.15, 0.2) is 78.9 Å². The number of nitrogens with one attached hydrogen (secondary N) is 1. The van der Waals surface area contributed by atoms with Crippen LogP contribution in [0.3, 0.4) is 0 Å². The lowest BCUT2D eigenvalue weighted by atomic mass is 10.0. The molecule has 0 aliphatic heterocycles. The molecule has 3 rings (SSSR count). The Balaban J connectivity index is 2.02. The molecule has 10 heteroatoms. The number of nitrogens with zero attached hydrogens (tertiary/aromatic N) is 2. The maximum absolute atomic E-state index is 13.8. The Morgan fingerprint density at radius 1 is 0.889 bits per heavy atom. The molecule has 2 amide bonds. The largest absolute Gasteiger partial charge is 0.357 e. The van der Waals surface area contributed by atoms with E-state index in [2.05, 4.69) is 5.32 Å². The molecule has 0 spiro atoms. The maximum Gasteiger partial charge on any atom is 0.244 e. The van der Waals surface area contributed by atoms with E-state index in [0.717, 1.165) is 16.1 Å². The topological polar surface area (TPSA) is 86.8 Å². The molecule has 1 N–H and O–H groups in total. The van der Waals surface area contributed by atoms with Crippen LogP contribution in [0, 0.1) is 0 Å². The maximum atomic E-state index is 13.8. The van der Waals surface area contributed by atoms with E-state index in [4.69, 9.17) is 23.2 Å². The summed E-state index contributed by atoms with van der Waals surface area (Å²) in [6.45, 7) is -0.439. The zero-order valence-corrected chi connectivity index (χ0v) is 22.2. The lowest BCUT2D eigenvalue weighted by molar-refractivity contribution is -0.139. The number of likely N-dealkylation sites (N-methyl/N-ethyl adjacent to an activating group) is 1. The fourth-order valence-electron chi connectivity index (χ4n) is 3.77. The monoisotopic (exact) mass is 547 g/mol. The first-order valence-electron chi connectivity index (χ1n) is 11.1. The molecular formula is C26H27Cl2N3O4S. The number of halogens is 2. The van der Waals surface area contributed by atoms with Crippen molar-refractivity contribution in [1.82, 2.24) is 10.2 Å². The van der Waals surface area contributed by atoms with E-state index in [1.54, 1.807) is 36.4 Å². The summed E-state index contributed by atoms with van der Waals surface area (Å²) in [5.41, 5.74) is 1.85. The third-order valence-corrected chi connectivity index (χ3v) is 7.18. The van der Waals surface area contributed by atoms with Crippen molar-refractivity contribution < 1.29 is 18.0 Å². The van der Waals surface area contributed by atoms with Crippen molar-refractivity contribution in [3.63, 3.8) is 0 Å². The molecule has 0 aromatic heterocycles. The minimum Gasteiger partial charge on any atom is -0.357 e. The summed E-state index contributed by atoms with van der Waals surface area (Å²) in [7, 11) is -2.33.